The highest BCUT2D eigenvalue weighted by atomic mass is 16.4. The molecule has 0 fully saturated rings. The van der Waals surface area contributed by atoms with Crippen LogP contribution in [0.2, 0.25) is 0 Å². The monoisotopic (exact) mass is 265 g/mol. The Labute approximate surface area is 114 Å². The molecule has 0 aromatic heterocycles. The van der Waals surface area contributed by atoms with E-state index in [4.69, 9.17) is 16.0 Å². The molecule has 0 saturated carbocycles. The summed E-state index contributed by atoms with van der Waals surface area (Å²) >= 11 is 0. The minimum atomic E-state index is 0.112. The molecule has 1 unspecified atom stereocenters. The number of nitrogens with zero attached hydrogens (tertiary/aromatic N) is 1. The number of aliphatic hydroxyl groups excluding tert-OH is 1. The predicted octanol–water partition coefficient (Wildman–Crippen LogP) is 1.28. The van der Waals surface area contributed by atoms with Gasteiger partial charge in [0, 0.05) is 24.8 Å². The molecule has 0 aliphatic rings. The molecular formula is C14H23N3O2. The first-order chi connectivity index (χ1) is 9.10. The summed E-state index contributed by atoms with van der Waals surface area (Å²) in [5, 5.41) is 24.3. The highest BCUT2D eigenvalue weighted by molar-refractivity contribution is 5.98. The lowest BCUT2D eigenvalue weighted by atomic mass is 10.00. The van der Waals surface area contributed by atoms with Gasteiger partial charge in [0.05, 0.1) is 0 Å². The second-order valence-corrected chi connectivity index (χ2v) is 4.89. The molecule has 0 aliphatic carbocycles. The molecule has 0 spiro atoms. The molecule has 1 aromatic carbocycles. The largest absolute Gasteiger partial charge is 0.409 e. The molecule has 5 nitrogen and oxygen atoms in total. The van der Waals surface area contributed by atoms with E-state index >= 15 is 0 Å². The van der Waals surface area contributed by atoms with Crippen molar-refractivity contribution in [3.8, 4) is 0 Å². The maximum atomic E-state index is 9.05. The highest BCUT2D eigenvalue weighted by Gasteiger charge is 2.13. The Kier molecular flexibility index (Phi) is 6.32. The molecule has 0 aliphatic heterocycles. The zero-order valence-corrected chi connectivity index (χ0v) is 11.5. The minimum absolute atomic E-state index is 0.112. The van der Waals surface area contributed by atoms with E-state index < -0.39 is 0 Å². The summed E-state index contributed by atoms with van der Waals surface area (Å²) in [4.78, 5) is 0. The van der Waals surface area contributed by atoms with Crippen molar-refractivity contribution in [2.75, 3.05) is 6.61 Å². The summed E-state index contributed by atoms with van der Waals surface area (Å²) in [7, 11) is 0. The fourth-order valence-corrected chi connectivity index (χ4v) is 2.03. The summed E-state index contributed by atoms with van der Waals surface area (Å²) in [5.74, 6) is 0.545. The molecule has 1 atom stereocenters. The van der Waals surface area contributed by atoms with Crippen LogP contribution in [-0.4, -0.2) is 28.8 Å². The standard InChI is InChI=1S/C14H23N3O2/c1-10(2)13(7-8-18)16-9-11-5-3-4-6-12(11)14(15)17-19/h3-6,10,13,16,18-19H,7-9H2,1-2H3,(H2,15,17). The molecule has 0 saturated heterocycles. The van der Waals surface area contributed by atoms with E-state index in [0.29, 0.717) is 18.9 Å². The van der Waals surface area contributed by atoms with Crippen molar-refractivity contribution in [1.82, 2.24) is 5.32 Å². The lowest BCUT2D eigenvalue weighted by Crippen LogP contribution is -2.34. The van der Waals surface area contributed by atoms with E-state index in [1.807, 2.05) is 24.3 Å². The van der Waals surface area contributed by atoms with E-state index in [1.165, 1.54) is 0 Å². The molecule has 1 rings (SSSR count). The van der Waals surface area contributed by atoms with Gasteiger partial charge < -0.3 is 21.4 Å². The number of nitrogens with one attached hydrogen (secondary N) is 1. The van der Waals surface area contributed by atoms with Gasteiger partial charge in [0.2, 0.25) is 0 Å². The van der Waals surface area contributed by atoms with Crippen LogP contribution in [-0.2, 0) is 6.54 Å². The number of rotatable bonds is 7. The summed E-state index contributed by atoms with van der Waals surface area (Å²) in [6.45, 7) is 5.01. The zero-order valence-electron chi connectivity index (χ0n) is 11.5. The average molecular weight is 265 g/mol. The van der Waals surface area contributed by atoms with Gasteiger partial charge in [0.1, 0.15) is 0 Å². The Morgan fingerprint density at radius 2 is 2.05 bits per heavy atom. The van der Waals surface area contributed by atoms with Crippen LogP contribution in [0.4, 0.5) is 0 Å². The second kappa shape index (κ2) is 7.76. The van der Waals surface area contributed by atoms with Gasteiger partial charge in [-0.3, -0.25) is 0 Å². The van der Waals surface area contributed by atoms with Crippen molar-refractivity contribution < 1.29 is 10.3 Å². The van der Waals surface area contributed by atoms with Crippen LogP contribution in [0.5, 0.6) is 0 Å². The maximum Gasteiger partial charge on any atom is 0.170 e. The minimum Gasteiger partial charge on any atom is -0.409 e. The van der Waals surface area contributed by atoms with E-state index in [2.05, 4.69) is 24.3 Å². The first-order valence-electron chi connectivity index (χ1n) is 6.50. The lowest BCUT2D eigenvalue weighted by molar-refractivity contribution is 0.244. The van der Waals surface area contributed by atoms with Crippen LogP contribution < -0.4 is 11.1 Å². The van der Waals surface area contributed by atoms with Gasteiger partial charge in [-0.15, -0.1) is 0 Å². The molecule has 0 heterocycles. The fraction of sp³-hybridized carbons (Fsp3) is 0.500. The van der Waals surface area contributed by atoms with Crippen LogP contribution in [0, 0.1) is 5.92 Å². The number of amidine groups is 1. The van der Waals surface area contributed by atoms with E-state index in [-0.39, 0.29) is 18.5 Å². The van der Waals surface area contributed by atoms with Crippen LogP contribution in [0.1, 0.15) is 31.4 Å². The molecule has 1 aromatic rings. The molecule has 0 bridgehead atoms. The SMILES string of the molecule is CC(C)C(CCO)NCc1ccccc1/C(N)=N/O. The lowest BCUT2D eigenvalue weighted by Gasteiger charge is -2.22. The fourth-order valence-electron chi connectivity index (χ4n) is 2.03. The van der Waals surface area contributed by atoms with Crippen LogP contribution in [0.25, 0.3) is 0 Å². The summed E-state index contributed by atoms with van der Waals surface area (Å²) in [6, 6.07) is 7.77. The van der Waals surface area contributed by atoms with Gasteiger partial charge in [0.15, 0.2) is 5.84 Å². The Hall–Kier alpha value is -1.59. The number of nitrogens with two attached hydrogens (primary N) is 1. The van der Waals surface area contributed by atoms with Crippen molar-refractivity contribution in [3.63, 3.8) is 0 Å². The first-order valence-corrected chi connectivity index (χ1v) is 6.50. The topological polar surface area (TPSA) is 90.9 Å². The number of aliphatic hydroxyl groups is 1. The highest BCUT2D eigenvalue weighted by Crippen LogP contribution is 2.11. The Balaban J connectivity index is 2.77. The third-order valence-electron chi connectivity index (χ3n) is 3.20. The van der Waals surface area contributed by atoms with Gasteiger partial charge in [-0.1, -0.05) is 43.3 Å². The molecule has 106 valence electrons. The van der Waals surface area contributed by atoms with Crippen molar-refractivity contribution in [1.29, 1.82) is 0 Å². The quantitative estimate of drug-likeness (QED) is 0.259. The third-order valence-corrected chi connectivity index (χ3v) is 3.20. The van der Waals surface area contributed by atoms with Gasteiger partial charge in [-0.25, -0.2) is 0 Å². The van der Waals surface area contributed by atoms with Crippen molar-refractivity contribution in [2.45, 2.75) is 32.9 Å². The average Bonchev–Trinajstić information content (AvgIpc) is 2.42. The molecule has 5 N–H and O–H groups in total. The van der Waals surface area contributed by atoms with Crippen LogP contribution >= 0.6 is 0 Å². The maximum absolute atomic E-state index is 9.05. The molecule has 5 heteroatoms. The van der Waals surface area contributed by atoms with Crippen LogP contribution in [0.15, 0.2) is 29.4 Å². The van der Waals surface area contributed by atoms with Gasteiger partial charge in [-0.2, -0.15) is 0 Å². The van der Waals surface area contributed by atoms with Crippen LogP contribution in [0.3, 0.4) is 0 Å². The van der Waals surface area contributed by atoms with Gasteiger partial charge in [-0.05, 0) is 17.9 Å². The van der Waals surface area contributed by atoms with Gasteiger partial charge >= 0.3 is 0 Å². The Morgan fingerprint density at radius 1 is 1.37 bits per heavy atom. The predicted molar refractivity (Wildman–Crippen MR) is 76.1 cm³/mol. The third kappa shape index (κ3) is 4.54. The number of benzene rings is 1. The summed E-state index contributed by atoms with van der Waals surface area (Å²) in [6.07, 6.45) is 0.712. The van der Waals surface area contributed by atoms with E-state index in [9.17, 15) is 0 Å². The van der Waals surface area contributed by atoms with Crippen molar-refractivity contribution in [2.24, 2.45) is 16.8 Å². The first kappa shape index (κ1) is 15.5. The van der Waals surface area contributed by atoms with E-state index in [1.54, 1.807) is 0 Å². The zero-order chi connectivity index (χ0) is 14.3. The second-order valence-electron chi connectivity index (χ2n) is 4.89. The van der Waals surface area contributed by atoms with Crippen molar-refractivity contribution >= 4 is 5.84 Å². The molecule has 0 radical (unpaired) electrons. The smallest absolute Gasteiger partial charge is 0.170 e. The Bertz CT molecular complexity index is 419. The normalized spacial score (nSPS) is 13.8. The summed E-state index contributed by atoms with van der Waals surface area (Å²) < 4.78 is 0. The van der Waals surface area contributed by atoms with E-state index in [0.717, 1.165) is 11.1 Å². The van der Waals surface area contributed by atoms with Gasteiger partial charge in [0.25, 0.3) is 0 Å². The molecule has 0 amide bonds. The van der Waals surface area contributed by atoms with Crippen molar-refractivity contribution in [3.05, 3.63) is 35.4 Å². The Morgan fingerprint density at radius 3 is 2.63 bits per heavy atom. The number of hydrogen-bond donors (Lipinski definition) is 4. The molecule has 19 heavy (non-hydrogen) atoms. The number of oxime groups is 1. The number of hydrogen-bond acceptors (Lipinski definition) is 4. The molecular weight excluding hydrogens is 242 g/mol. The summed E-state index contributed by atoms with van der Waals surface area (Å²) in [5.41, 5.74) is 7.35.